The van der Waals surface area contributed by atoms with E-state index in [4.69, 9.17) is 17.4 Å². The lowest BCUT2D eigenvalue weighted by atomic mass is 9.94. The van der Waals surface area contributed by atoms with Crippen LogP contribution >= 0.6 is 34.2 Å². The Balaban J connectivity index is 2.49. The lowest BCUT2D eigenvalue weighted by Gasteiger charge is -2.20. The molecule has 1 atom stereocenters. The standard InChI is InChI=1S/C15H16ClIN2/c1-9-3-4-10(2)12(7-9)15(19-18)11-5-6-14(17)13(16)8-11/h3-8,15,19H,18H2,1-2H3. The van der Waals surface area contributed by atoms with Crippen LogP contribution in [0.4, 0.5) is 0 Å². The zero-order chi connectivity index (χ0) is 14.0. The molecular formula is C15H16ClIN2. The molecule has 2 nitrogen and oxygen atoms in total. The van der Waals surface area contributed by atoms with Gasteiger partial charge in [0.25, 0.3) is 0 Å². The zero-order valence-electron chi connectivity index (χ0n) is 10.9. The van der Waals surface area contributed by atoms with Gasteiger partial charge >= 0.3 is 0 Å². The Hall–Kier alpha value is -0.620. The predicted octanol–water partition coefficient (Wildman–Crippen LogP) is 4.11. The van der Waals surface area contributed by atoms with E-state index in [-0.39, 0.29) is 6.04 Å². The van der Waals surface area contributed by atoms with Crippen molar-refractivity contribution >= 4 is 34.2 Å². The van der Waals surface area contributed by atoms with E-state index in [9.17, 15) is 0 Å². The van der Waals surface area contributed by atoms with Gasteiger partial charge in [-0.25, -0.2) is 5.43 Å². The summed E-state index contributed by atoms with van der Waals surface area (Å²) >= 11 is 8.42. The predicted molar refractivity (Wildman–Crippen MR) is 89.3 cm³/mol. The summed E-state index contributed by atoms with van der Waals surface area (Å²) < 4.78 is 1.04. The first kappa shape index (κ1) is 14.8. The smallest absolute Gasteiger partial charge is 0.0713 e. The van der Waals surface area contributed by atoms with E-state index in [0.717, 1.165) is 14.2 Å². The number of hydrogen-bond donors (Lipinski definition) is 2. The molecule has 4 heteroatoms. The first-order valence-electron chi connectivity index (χ1n) is 6.01. The minimum atomic E-state index is -0.0469. The fraction of sp³-hybridized carbons (Fsp3) is 0.200. The molecule has 0 heterocycles. The molecular weight excluding hydrogens is 371 g/mol. The maximum absolute atomic E-state index is 6.20. The number of benzene rings is 2. The summed E-state index contributed by atoms with van der Waals surface area (Å²) in [7, 11) is 0. The van der Waals surface area contributed by atoms with Crippen molar-refractivity contribution < 1.29 is 0 Å². The summed E-state index contributed by atoms with van der Waals surface area (Å²) in [4.78, 5) is 0. The number of nitrogens with one attached hydrogen (secondary N) is 1. The normalized spacial score (nSPS) is 12.5. The van der Waals surface area contributed by atoms with Crippen LogP contribution in [0.3, 0.4) is 0 Å². The molecule has 2 rings (SSSR count). The molecule has 0 saturated heterocycles. The van der Waals surface area contributed by atoms with Gasteiger partial charge in [0.05, 0.1) is 11.1 Å². The van der Waals surface area contributed by atoms with Crippen LogP contribution in [0.15, 0.2) is 36.4 Å². The van der Waals surface area contributed by atoms with Crippen LogP contribution in [0.5, 0.6) is 0 Å². The second kappa shape index (κ2) is 6.22. The van der Waals surface area contributed by atoms with E-state index < -0.39 is 0 Å². The largest absolute Gasteiger partial charge is 0.271 e. The highest BCUT2D eigenvalue weighted by Gasteiger charge is 2.15. The highest BCUT2D eigenvalue weighted by Crippen LogP contribution is 2.29. The molecule has 0 amide bonds. The van der Waals surface area contributed by atoms with Gasteiger partial charge in [-0.1, -0.05) is 41.4 Å². The van der Waals surface area contributed by atoms with Crippen LogP contribution in [0.25, 0.3) is 0 Å². The third-order valence-electron chi connectivity index (χ3n) is 3.19. The minimum Gasteiger partial charge on any atom is -0.271 e. The zero-order valence-corrected chi connectivity index (χ0v) is 13.8. The first-order chi connectivity index (χ1) is 9.02. The lowest BCUT2D eigenvalue weighted by Crippen LogP contribution is -2.29. The highest BCUT2D eigenvalue weighted by molar-refractivity contribution is 14.1. The van der Waals surface area contributed by atoms with Gasteiger partial charge in [0.2, 0.25) is 0 Å². The van der Waals surface area contributed by atoms with Crippen LogP contribution in [0, 0.1) is 17.4 Å². The maximum atomic E-state index is 6.20. The number of hydrazine groups is 1. The summed E-state index contributed by atoms with van der Waals surface area (Å²) in [5.74, 6) is 5.75. The van der Waals surface area contributed by atoms with Crippen LogP contribution in [-0.4, -0.2) is 0 Å². The second-order valence-corrected chi connectivity index (χ2v) is 6.20. The Bertz CT molecular complexity index is 599. The molecule has 19 heavy (non-hydrogen) atoms. The molecule has 0 bridgehead atoms. The van der Waals surface area contributed by atoms with E-state index in [1.165, 1.54) is 16.7 Å². The maximum Gasteiger partial charge on any atom is 0.0713 e. The van der Waals surface area contributed by atoms with Crippen molar-refractivity contribution in [2.75, 3.05) is 0 Å². The topological polar surface area (TPSA) is 38.0 Å². The summed E-state index contributed by atoms with van der Waals surface area (Å²) in [5.41, 5.74) is 7.57. The fourth-order valence-corrected chi connectivity index (χ4v) is 2.65. The third kappa shape index (κ3) is 3.28. The lowest BCUT2D eigenvalue weighted by molar-refractivity contribution is 0.633. The number of aryl methyl sites for hydroxylation is 2. The van der Waals surface area contributed by atoms with Crippen LogP contribution in [0.1, 0.15) is 28.3 Å². The Morgan fingerprint density at radius 2 is 1.89 bits per heavy atom. The molecule has 0 radical (unpaired) electrons. The van der Waals surface area contributed by atoms with E-state index in [2.05, 4.69) is 66.1 Å². The average Bonchev–Trinajstić information content (AvgIpc) is 2.38. The molecule has 2 aromatic rings. The third-order valence-corrected chi connectivity index (χ3v) is 4.76. The van der Waals surface area contributed by atoms with E-state index in [1.54, 1.807) is 0 Å². The van der Waals surface area contributed by atoms with E-state index in [0.29, 0.717) is 0 Å². The molecule has 0 aromatic heterocycles. The van der Waals surface area contributed by atoms with Gasteiger partial charge in [0.15, 0.2) is 0 Å². The Labute approximate surface area is 132 Å². The number of hydrogen-bond acceptors (Lipinski definition) is 2. The molecule has 2 aromatic carbocycles. The Morgan fingerprint density at radius 3 is 2.53 bits per heavy atom. The van der Waals surface area contributed by atoms with Gasteiger partial charge in [-0.15, -0.1) is 0 Å². The van der Waals surface area contributed by atoms with Crippen molar-refractivity contribution in [3.63, 3.8) is 0 Å². The SMILES string of the molecule is Cc1ccc(C)c(C(NN)c2ccc(I)c(Cl)c2)c1. The first-order valence-corrected chi connectivity index (χ1v) is 7.47. The van der Waals surface area contributed by atoms with E-state index >= 15 is 0 Å². The molecule has 1 unspecified atom stereocenters. The average molecular weight is 387 g/mol. The van der Waals surface area contributed by atoms with Crippen LogP contribution in [-0.2, 0) is 0 Å². The molecule has 0 aliphatic heterocycles. The number of halogens is 2. The molecule has 0 aliphatic carbocycles. The van der Waals surface area contributed by atoms with Crippen molar-refractivity contribution in [3.05, 3.63) is 67.2 Å². The molecule has 100 valence electrons. The summed E-state index contributed by atoms with van der Waals surface area (Å²) in [6.07, 6.45) is 0. The Morgan fingerprint density at radius 1 is 1.16 bits per heavy atom. The summed E-state index contributed by atoms with van der Waals surface area (Å²) in [6, 6.07) is 12.4. The van der Waals surface area contributed by atoms with Gasteiger partial charge < -0.3 is 0 Å². The van der Waals surface area contributed by atoms with Gasteiger partial charge in [0.1, 0.15) is 0 Å². The highest BCUT2D eigenvalue weighted by atomic mass is 127. The minimum absolute atomic E-state index is 0.0469. The van der Waals surface area contributed by atoms with E-state index in [1.807, 2.05) is 12.1 Å². The van der Waals surface area contributed by atoms with Crippen molar-refractivity contribution in [2.45, 2.75) is 19.9 Å². The van der Waals surface area contributed by atoms with Crippen LogP contribution < -0.4 is 11.3 Å². The molecule has 0 aliphatic rings. The molecule has 0 spiro atoms. The molecule has 0 fully saturated rings. The van der Waals surface area contributed by atoms with Crippen molar-refractivity contribution in [3.8, 4) is 0 Å². The van der Waals surface area contributed by atoms with Crippen molar-refractivity contribution in [1.82, 2.24) is 5.43 Å². The molecule has 0 saturated carbocycles. The van der Waals surface area contributed by atoms with Gasteiger partial charge in [-0.2, -0.15) is 0 Å². The van der Waals surface area contributed by atoms with Gasteiger partial charge in [0, 0.05) is 3.57 Å². The quantitative estimate of drug-likeness (QED) is 0.473. The summed E-state index contributed by atoms with van der Waals surface area (Å²) in [5, 5.41) is 0.753. The van der Waals surface area contributed by atoms with Crippen molar-refractivity contribution in [1.29, 1.82) is 0 Å². The van der Waals surface area contributed by atoms with Crippen LogP contribution in [0.2, 0.25) is 5.02 Å². The van der Waals surface area contributed by atoms with Gasteiger partial charge in [-0.3, -0.25) is 5.84 Å². The molecule has 3 N–H and O–H groups in total. The van der Waals surface area contributed by atoms with Crippen molar-refractivity contribution in [2.24, 2.45) is 5.84 Å². The van der Waals surface area contributed by atoms with Gasteiger partial charge in [-0.05, 0) is 65.3 Å². The Kier molecular flexibility index (Phi) is 4.84. The summed E-state index contributed by atoms with van der Waals surface area (Å²) in [6.45, 7) is 4.17. The second-order valence-electron chi connectivity index (χ2n) is 4.63. The monoisotopic (exact) mass is 386 g/mol. The fourth-order valence-electron chi connectivity index (χ4n) is 2.13. The number of rotatable bonds is 3. The number of nitrogens with two attached hydrogens (primary N) is 1.